The predicted molar refractivity (Wildman–Crippen MR) is 240 cm³/mol. The van der Waals surface area contributed by atoms with E-state index in [0.717, 1.165) is 50.2 Å². The highest BCUT2D eigenvalue weighted by Gasteiger charge is 2.33. The molecule has 316 valence electrons. The number of aryl methyl sites for hydroxylation is 1. The minimum absolute atomic E-state index is 0.0492. The zero-order chi connectivity index (χ0) is 42.9. The van der Waals surface area contributed by atoms with Gasteiger partial charge in [-0.2, -0.15) is 4.72 Å². The Bertz CT molecular complexity index is 2590. The van der Waals surface area contributed by atoms with Crippen LogP contribution >= 0.6 is 11.8 Å². The van der Waals surface area contributed by atoms with Crippen LogP contribution in [0.25, 0.3) is 22.6 Å². The lowest BCUT2D eigenvalue weighted by Crippen LogP contribution is -2.47. The summed E-state index contributed by atoms with van der Waals surface area (Å²) in [5.41, 5.74) is 7.84. The SMILES string of the molecule is Cc1ccc(S(=O)(=O)N[C@H](Cc2ccccc2)C(=O)NCc2ccc([C@H]3O[C@@H](CSc4nc(-c5ccccc5)c(-c5ccccc5)o4)C[C@@H](c4ccc(CO)cc4)O3)cc2)cc1. The van der Waals surface area contributed by atoms with Gasteiger partial charge in [0, 0.05) is 35.4 Å². The molecule has 2 heterocycles. The lowest BCUT2D eigenvalue weighted by molar-refractivity contribution is -0.245. The van der Waals surface area contributed by atoms with Gasteiger partial charge in [-0.05, 0) is 47.7 Å². The molecule has 12 heteroatoms. The summed E-state index contributed by atoms with van der Waals surface area (Å²) in [6.07, 6.45) is -0.467. The second-order valence-corrected chi connectivity index (χ2v) is 17.9. The van der Waals surface area contributed by atoms with Gasteiger partial charge in [0.05, 0.1) is 23.7 Å². The molecule has 1 fully saturated rings. The second kappa shape index (κ2) is 19.9. The number of benzene rings is 6. The van der Waals surface area contributed by atoms with E-state index in [1.165, 1.54) is 23.9 Å². The van der Waals surface area contributed by atoms with Gasteiger partial charge in [-0.1, -0.05) is 169 Å². The van der Waals surface area contributed by atoms with Crippen LogP contribution in [0.4, 0.5) is 0 Å². The quantitative estimate of drug-likeness (QED) is 0.0811. The molecule has 1 aliphatic heterocycles. The fourth-order valence-electron chi connectivity index (χ4n) is 7.24. The average Bonchev–Trinajstić information content (AvgIpc) is 3.75. The standard InChI is InChI=1S/C50H47N3O7S2/c1-34-17-27-43(28-18-34)62(56,57)53-44(29-35-11-5-2-6-12-35)48(55)51-31-36-19-25-41(26-20-36)49-58-42(30-45(59-49)38-23-21-37(32-54)22-24-38)33-61-50-52-46(39-13-7-3-8-14-39)47(60-50)40-15-9-4-10-16-40/h2-28,42,44-45,49,53-54H,29-33H2,1H3,(H,51,55)/t42-,44-,45+,49+/m1/s1. The highest BCUT2D eigenvalue weighted by Crippen LogP contribution is 2.41. The monoisotopic (exact) mass is 865 g/mol. The number of aliphatic hydroxyl groups is 1. The Labute approximate surface area is 366 Å². The van der Waals surface area contributed by atoms with Crippen LogP contribution < -0.4 is 10.0 Å². The Morgan fingerprint density at radius 3 is 2.02 bits per heavy atom. The summed E-state index contributed by atoms with van der Waals surface area (Å²) >= 11 is 1.49. The molecule has 0 aliphatic carbocycles. The number of carbonyl (C=O) groups is 1. The largest absolute Gasteiger partial charge is 0.431 e. The second-order valence-electron chi connectivity index (χ2n) is 15.2. The zero-order valence-corrected chi connectivity index (χ0v) is 35.7. The molecule has 0 saturated carbocycles. The third-order valence-electron chi connectivity index (χ3n) is 10.6. The number of hydrogen-bond donors (Lipinski definition) is 3. The van der Waals surface area contributed by atoms with Gasteiger partial charge >= 0.3 is 0 Å². The number of thioether (sulfide) groups is 1. The average molecular weight is 866 g/mol. The van der Waals surface area contributed by atoms with Crippen molar-refractivity contribution in [3.05, 3.63) is 197 Å². The van der Waals surface area contributed by atoms with E-state index in [9.17, 15) is 18.3 Å². The molecule has 3 N–H and O–H groups in total. The number of hydrogen-bond acceptors (Lipinski definition) is 9. The number of ether oxygens (including phenoxy) is 2. The normalized spacial score (nSPS) is 17.0. The first-order chi connectivity index (χ1) is 30.2. The van der Waals surface area contributed by atoms with E-state index in [0.29, 0.717) is 23.2 Å². The van der Waals surface area contributed by atoms with Crippen LogP contribution in [0.5, 0.6) is 0 Å². The molecule has 0 unspecified atom stereocenters. The Hall–Kier alpha value is -5.86. The van der Waals surface area contributed by atoms with Crippen LogP contribution in [0, 0.1) is 6.92 Å². The Balaban J connectivity index is 0.969. The molecular formula is C50H47N3O7S2. The van der Waals surface area contributed by atoms with E-state index in [4.69, 9.17) is 18.9 Å². The maximum Gasteiger partial charge on any atom is 0.256 e. The first-order valence-corrected chi connectivity index (χ1v) is 22.9. The first-order valence-electron chi connectivity index (χ1n) is 20.5. The first kappa shape index (κ1) is 42.8. The molecule has 0 bridgehead atoms. The van der Waals surface area contributed by atoms with E-state index in [1.54, 1.807) is 12.1 Å². The summed E-state index contributed by atoms with van der Waals surface area (Å²) in [6, 6.07) is 50.1. The minimum atomic E-state index is -3.98. The topological polar surface area (TPSA) is 140 Å². The van der Waals surface area contributed by atoms with Crippen LogP contribution in [0.3, 0.4) is 0 Å². The van der Waals surface area contributed by atoms with Crippen molar-refractivity contribution >= 4 is 27.7 Å². The zero-order valence-electron chi connectivity index (χ0n) is 34.1. The van der Waals surface area contributed by atoms with Crippen LogP contribution in [0.1, 0.15) is 52.2 Å². The molecular weight excluding hydrogens is 819 g/mol. The van der Waals surface area contributed by atoms with Gasteiger partial charge < -0.3 is 24.3 Å². The summed E-state index contributed by atoms with van der Waals surface area (Å²) in [5, 5.41) is 13.2. The summed E-state index contributed by atoms with van der Waals surface area (Å²) < 4.78 is 49.0. The van der Waals surface area contributed by atoms with Gasteiger partial charge in [0.25, 0.3) is 5.22 Å². The molecule has 10 nitrogen and oxygen atoms in total. The van der Waals surface area contributed by atoms with Crippen molar-refractivity contribution in [3.63, 3.8) is 0 Å². The molecule has 0 spiro atoms. The van der Waals surface area contributed by atoms with Crippen molar-refractivity contribution in [1.82, 2.24) is 15.0 Å². The number of sulfonamides is 1. The molecule has 1 aromatic heterocycles. The third-order valence-corrected chi connectivity index (χ3v) is 13.1. The smallest absolute Gasteiger partial charge is 0.256 e. The number of carbonyl (C=O) groups excluding carboxylic acids is 1. The van der Waals surface area contributed by atoms with Gasteiger partial charge in [-0.3, -0.25) is 4.79 Å². The van der Waals surface area contributed by atoms with E-state index in [-0.39, 0.29) is 36.7 Å². The number of aromatic nitrogens is 1. The molecule has 62 heavy (non-hydrogen) atoms. The molecule has 7 aromatic rings. The summed E-state index contributed by atoms with van der Waals surface area (Å²) in [4.78, 5) is 18.7. The highest BCUT2D eigenvalue weighted by atomic mass is 32.2. The van der Waals surface area contributed by atoms with Crippen molar-refractivity contribution in [2.45, 2.75) is 67.6 Å². The van der Waals surface area contributed by atoms with Crippen LogP contribution in [0.2, 0.25) is 0 Å². The van der Waals surface area contributed by atoms with Crippen molar-refractivity contribution in [1.29, 1.82) is 0 Å². The fourth-order valence-corrected chi connectivity index (χ4v) is 9.28. The van der Waals surface area contributed by atoms with Gasteiger partial charge in [0.15, 0.2) is 12.1 Å². The summed E-state index contributed by atoms with van der Waals surface area (Å²) in [6.45, 7) is 2.01. The summed E-state index contributed by atoms with van der Waals surface area (Å²) in [7, 11) is -3.98. The van der Waals surface area contributed by atoms with E-state index >= 15 is 0 Å². The maximum atomic E-state index is 13.7. The molecule has 1 aliphatic rings. The predicted octanol–water partition coefficient (Wildman–Crippen LogP) is 9.35. The maximum absolute atomic E-state index is 13.7. The number of nitrogens with zero attached hydrogens (tertiary/aromatic N) is 1. The highest BCUT2D eigenvalue weighted by molar-refractivity contribution is 7.99. The molecule has 0 radical (unpaired) electrons. The molecule has 1 amide bonds. The van der Waals surface area contributed by atoms with Gasteiger partial charge in [-0.15, -0.1) is 0 Å². The van der Waals surface area contributed by atoms with Crippen molar-refractivity contribution in [2.75, 3.05) is 5.75 Å². The van der Waals surface area contributed by atoms with Crippen LogP contribution in [-0.2, 0) is 43.9 Å². The lowest BCUT2D eigenvalue weighted by atomic mass is 10.0. The van der Waals surface area contributed by atoms with E-state index < -0.39 is 28.3 Å². The van der Waals surface area contributed by atoms with Crippen molar-refractivity contribution in [3.8, 4) is 22.6 Å². The third kappa shape index (κ3) is 10.8. The number of nitrogens with one attached hydrogen (secondary N) is 2. The molecule has 4 atom stereocenters. The van der Waals surface area contributed by atoms with Crippen LogP contribution in [-0.4, -0.2) is 42.3 Å². The van der Waals surface area contributed by atoms with Gasteiger partial charge in [0.2, 0.25) is 15.9 Å². The Kier molecular flexibility index (Phi) is 13.7. The van der Waals surface area contributed by atoms with E-state index in [2.05, 4.69) is 10.0 Å². The number of rotatable bonds is 16. The fraction of sp³-hybridized carbons (Fsp3) is 0.200. The number of aliphatic hydroxyl groups excluding tert-OH is 1. The van der Waals surface area contributed by atoms with E-state index in [1.807, 2.05) is 146 Å². The molecule has 6 aromatic carbocycles. The lowest BCUT2D eigenvalue weighted by Gasteiger charge is -2.36. The summed E-state index contributed by atoms with van der Waals surface area (Å²) in [5.74, 6) is 0.815. The minimum Gasteiger partial charge on any atom is -0.431 e. The van der Waals surface area contributed by atoms with Crippen molar-refractivity contribution < 1.29 is 32.2 Å². The number of amides is 1. The van der Waals surface area contributed by atoms with Crippen LogP contribution in [0.15, 0.2) is 178 Å². The number of oxazole rings is 1. The molecule has 8 rings (SSSR count). The molecule has 1 saturated heterocycles. The van der Waals surface area contributed by atoms with Gasteiger partial charge in [-0.25, -0.2) is 13.4 Å². The Morgan fingerprint density at radius 2 is 1.35 bits per heavy atom. The van der Waals surface area contributed by atoms with Gasteiger partial charge in [0.1, 0.15) is 11.7 Å². The van der Waals surface area contributed by atoms with Crippen molar-refractivity contribution in [2.24, 2.45) is 0 Å². The Morgan fingerprint density at radius 1 is 0.742 bits per heavy atom.